The maximum absolute atomic E-state index is 12.7. The Hall–Kier alpha value is -4.45. The van der Waals surface area contributed by atoms with Crippen molar-refractivity contribution < 1.29 is 28.6 Å². The van der Waals surface area contributed by atoms with Crippen LogP contribution in [0.5, 0.6) is 0 Å². The Balaban J connectivity index is 4.18. The number of carbonyl (C=O) groups is 3. The predicted molar refractivity (Wildman–Crippen MR) is 292 cm³/mol. The van der Waals surface area contributed by atoms with Crippen molar-refractivity contribution in [1.82, 2.24) is 0 Å². The molecule has 0 fully saturated rings. The number of carbonyl (C=O) groups excluding carboxylic acids is 3. The van der Waals surface area contributed by atoms with Crippen LogP contribution in [0.3, 0.4) is 0 Å². The summed E-state index contributed by atoms with van der Waals surface area (Å²) in [5.74, 6) is -0.963. The second-order valence-electron chi connectivity index (χ2n) is 17.4. The van der Waals surface area contributed by atoms with Crippen LogP contribution >= 0.6 is 0 Å². The zero-order valence-electron chi connectivity index (χ0n) is 43.6. The summed E-state index contributed by atoms with van der Waals surface area (Å²) in [4.78, 5) is 37.7. The first-order valence-electron chi connectivity index (χ1n) is 27.2. The number of allylic oxidation sites excluding steroid dienone is 22. The second-order valence-corrected chi connectivity index (χ2v) is 17.4. The van der Waals surface area contributed by atoms with Gasteiger partial charge in [0.15, 0.2) is 6.10 Å². The summed E-state index contributed by atoms with van der Waals surface area (Å²) < 4.78 is 16.7. The average molecular weight is 939 g/mol. The lowest BCUT2D eigenvalue weighted by Gasteiger charge is -2.18. The van der Waals surface area contributed by atoms with Gasteiger partial charge in [0.25, 0.3) is 0 Å². The Morgan fingerprint density at radius 1 is 0.309 bits per heavy atom. The lowest BCUT2D eigenvalue weighted by atomic mass is 10.1. The molecule has 0 spiro atoms. The molecule has 0 aromatic rings. The topological polar surface area (TPSA) is 78.9 Å². The molecule has 0 aromatic heterocycles. The number of ether oxygens (including phenoxy) is 3. The van der Waals surface area contributed by atoms with E-state index in [0.29, 0.717) is 12.8 Å². The highest BCUT2D eigenvalue weighted by Crippen LogP contribution is 2.13. The monoisotopic (exact) mass is 939 g/mol. The summed E-state index contributed by atoms with van der Waals surface area (Å²) in [6.45, 7) is 6.29. The van der Waals surface area contributed by atoms with Crippen LogP contribution in [-0.2, 0) is 28.6 Å². The molecule has 6 nitrogen and oxygen atoms in total. The molecule has 0 saturated heterocycles. The average Bonchev–Trinajstić information content (AvgIpc) is 3.34. The van der Waals surface area contributed by atoms with Gasteiger partial charge in [-0.2, -0.15) is 0 Å². The van der Waals surface area contributed by atoms with Gasteiger partial charge in [-0.25, -0.2) is 0 Å². The van der Waals surface area contributed by atoms with Crippen molar-refractivity contribution in [1.29, 1.82) is 0 Å². The fourth-order valence-electron chi connectivity index (χ4n) is 6.88. The van der Waals surface area contributed by atoms with E-state index in [4.69, 9.17) is 14.2 Å². The highest BCUT2D eigenvalue weighted by Gasteiger charge is 2.19. The van der Waals surface area contributed by atoms with Crippen molar-refractivity contribution in [2.24, 2.45) is 0 Å². The Kier molecular flexibility index (Phi) is 51.5. The van der Waals surface area contributed by atoms with E-state index in [1.807, 2.05) is 0 Å². The molecular weight excluding hydrogens is 841 g/mol. The quantitative estimate of drug-likeness (QED) is 0.0262. The van der Waals surface area contributed by atoms with Crippen LogP contribution in [0, 0.1) is 0 Å². The maximum Gasteiger partial charge on any atom is 0.306 e. The molecule has 382 valence electrons. The van der Waals surface area contributed by atoms with Gasteiger partial charge >= 0.3 is 17.9 Å². The minimum atomic E-state index is -0.799. The molecule has 0 aromatic carbocycles. The summed E-state index contributed by atoms with van der Waals surface area (Å²) in [5.41, 5.74) is 0. The van der Waals surface area contributed by atoms with E-state index >= 15 is 0 Å². The Morgan fingerprint density at radius 3 is 0.912 bits per heavy atom. The van der Waals surface area contributed by atoms with E-state index in [1.165, 1.54) is 32.1 Å². The second kappa shape index (κ2) is 55.1. The van der Waals surface area contributed by atoms with Crippen LogP contribution in [0.4, 0.5) is 0 Å². The number of hydrogen-bond donors (Lipinski definition) is 0. The van der Waals surface area contributed by atoms with Crippen LogP contribution in [0.1, 0.15) is 220 Å². The first kappa shape index (κ1) is 63.5. The van der Waals surface area contributed by atoms with Crippen LogP contribution in [0.15, 0.2) is 134 Å². The maximum atomic E-state index is 12.7. The first-order valence-corrected chi connectivity index (χ1v) is 27.2. The number of esters is 3. The largest absolute Gasteiger partial charge is 0.462 e. The lowest BCUT2D eigenvalue weighted by molar-refractivity contribution is -0.167. The van der Waals surface area contributed by atoms with Gasteiger partial charge in [-0.05, 0) is 116 Å². The van der Waals surface area contributed by atoms with E-state index in [-0.39, 0.29) is 37.5 Å². The molecule has 0 heterocycles. The SMILES string of the molecule is CC/C=C\C/C=C\C/C=C\C/C=C\C/C=C\C/C=C\C/C=C\C/C=C\CCCCCCCCC(=O)OCC(COC(=O)CCCCCCCC)OC(=O)CCCCC/C=C\C/C=C\C/C=C\CC. The number of unbranched alkanes of at least 4 members (excludes halogenated alkanes) is 14. The number of rotatable bonds is 47. The van der Waals surface area contributed by atoms with Gasteiger partial charge in [0.05, 0.1) is 0 Å². The van der Waals surface area contributed by atoms with Gasteiger partial charge in [-0.1, -0.05) is 219 Å². The third kappa shape index (κ3) is 52.5. The lowest BCUT2D eigenvalue weighted by Crippen LogP contribution is -2.30. The molecule has 0 rings (SSSR count). The molecule has 0 saturated carbocycles. The molecule has 0 aliphatic carbocycles. The van der Waals surface area contributed by atoms with Gasteiger partial charge in [0.2, 0.25) is 0 Å². The van der Waals surface area contributed by atoms with Crippen LogP contribution in [0.2, 0.25) is 0 Å². The predicted octanol–water partition coefficient (Wildman–Crippen LogP) is 18.3. The molecule has 0 N–H and O–H groups in total. The normalized spacial score (nSPS) is 13.2. The molecule has 6 heteroatoms. The fourth-order valence-corrected chi connectivity index (χ4v) is 6.88. The summed E-state index contributed by atoms with van der Waals surface area (Å²) in [5, 5.41) is 0. The van der Waals surface area contributed by atoms with E-state index in [1.54, 1.807) is 0 Å². The highest BCUT2D eigenvalue weighted by atomic mass is 16.6. The Bertz CT molecular complexity index is 1500. The van der Waals surface area contributed by atoms with Gasteiger partial charge in [-0.3, -0.25) is 14.4 Å². The molecule has 1 unspecified atom stereocenters. The molecule has 0 amide bonds. The van der Waals surface area contributed by atoms with Gasteiger partial charge < -0.3 is 14.2 Å². The van der Waals surface area contributed by atoms with E-state index < -0.39 is 6.10 Å². The summed E-state index contributed by atoms with van der Waals surface area (Å²) in [6.07, 6.45) is 77.6. The third-order valence-corrected chi connectivity index (χ3v) is 10.9. The van der Waals surface area contributed by atoms with Crippen molar-refractivity contribution in [3.05, 3.63) is 134 Å². The van der Waals surface area contributed by atoms with E-state index in [0.717, 1.165) is 148 Å². The minimum absolute atomic E-state index is 0.0984. The van der Waals surface area contributed by atoms with Crippen LogP contribution < -0.4 is 0 Å². The van der Waals surface area contributed by atoms with Gasteiger partial charge in [-0.15, -0.1) is 0 Å². The Labute approximate surface area is 417 Å². The van der Waals surface area contributed by atoms with Gasteiger partial charge in [0, 0.05) is 19.3 Å². The summed E-state index contributed by atoms with van der Waals surface area (Å²) in [6, 6.07) is 0. The zero-order valence-corrected chi connectivity index (χ0v) is 43.6. The summed E-state index contributed by atoms with van der Waals surface area (Å²) in [7, 11) is 0. The van der Waals surface area contributed by atoms with E-state index in [9.17, 15) is 14.4 Å². The highest BCUT2D eigenvalue weighted by molar-refractivity contribution is 5.71. The van der Waals surface area contributed by atoms with Gasteiger partial charge in [0.1, 0.15) is 13.2 Å². The first-order chi connectivity index (χ1) is 33.5. The fraction of sp³-hybridized carbons (Fsp3) is 0.597. The van der Waals surface area contributed by atoms with Crippen molar-refractivity contribution in [3.63, 3.8) is 0 Å². The smallest absolute Gasteiger partial charge is 0.306 e. The van der Waals surface area contributed by atoms with Crippen molar-refractivity contribution in [2.45, 2.75) is 226 Å². The van der Waals surface area contributed by atoms with E-state index in [2.05, 4.69) is 154 Å². The molecule has 0 radical (unpaired) electrons. The number of hydrogen-bond acceptors (Lipinski definition) is 6. The minimum Gasteiger partial charge on any atom is -0.462 e. The van der Waals surface area contributed by atoms with Crippen molar-refractivity contribution >= 4 is 17.9 Å². The van der Waals surface area contributed by atoms with Crippen molar-refractivity contribution in [3.8, 4) is 0 Å². The molecule has 68 heavy (non-hydrogen) atoms. The molecule has 0 bridgehead atoms. The Morgan fingerprint density at radius 2 is 0.574 bits per heavy atom. The summed E-state index contributed by atoms with van der Waals surface area (Å²) >= 11 is 0. The zero-order chi connectivity index (χ0) is 49.3. The standard InChI is InChI=1S/C62H98O6/c1-4-7-10-13-16-18-20-22-23-24-25-26-27-28-29-30-31-32-33-34-35-36-37-38-39-41-42-44-46-49-52-55-61(64)67-58-59(57-66-60(63)54-51-48-15-12-9-6-3)68-62(65)56-53-50-47-45-43-40-21-19-17-14-11-8-5-2/h7-8,10-11,16-19,22-23,25-26,28-29,31-32,34-35,37-38,40,43,59H,4-6,9,12-15,20-21,24,27,30,33,36,39,41-42,44-58H2,1-3H3/b10-7-,11-8-,18-16-,19-17-,23-22-,26-25-,29-28-,32-31-,35-34-,38-37-,43-40-. The van der Waals surface area contributed by atoms with Crippen LogP contribution in [0.25, 0.3) is 0 Å². The molecule has 1 atom stereocenters. The molecular formula is C62H98O6. The molecule has 0 aliphatic rings. The third-order valence-electron chi connectivity index (χ3n) is 10.9. The van der Waals surface area contributed by atoms with Crippen molar-refractivity contribution in [2.75, 3.05) is 13.2 Å². The molecule has 0 aliphatic heterocycles. The van der Waals surface area contributed by atoms with Crippen LogP contribution in [-0.4, -0.2) is 37.2 Å².